The molecule has 2 aromatic rings. The van der Waals surface area contributed by atoms with E-state index < -0.39 is 0 Å². The van der Waals surface area contributed by atoms with Gasteiger partial charge in [0.1, 0.15) is 0 Å². The molecule has 4 nitrogen and oxygen atoms in total. The van der Waals surface area contributed by atoms with Gasteiger partial charge in [-0.15, -0.1) is 10.2 Å². The van der Waals surface area contributed by atoms with E-state index in [1.807, 2.05) is 12.1 Å². The van der Waals surface area contributed by atoms with Gasteiger partial charge in [-0.25, -0.2) is 0 Å². The molecule has 0 aromatic carbocycles. The standard InChI is InChI=1S/C10H11BrN4S/c1-2-15(10-14-13-9(11)16-10)7-8-3-5-12-6-4-8/h3-6H,2,7H2,1H3. The average Bonchev–Trinajstić information content (AvgIpc) is 2.74. The van der Waals surface area contributed by atoms with Gasteiger partial charge in [0.2, 0.25) is 5.13 Å². The highest BCUT2D eigenvalue weighted by Crippen LogP contribution is 2.25. The summed E-state index contributed by atoms with van der Waals surface area (Å²) < 4.78 is 0.815. The third-order valence-electron chi connectivity index (χ3n) is 2.16. The molecule has 16 heavy (non-hydrogen) atoms. The van der Waals surface area contributed by atoms with Crippen LogP contribution in [-0.4, -0.2) is 21.7 Å². The van der Waals surface area contributed by atoms with Gasteiger partial charge in [0.05, 0.1) is 0 Å². The van der Waals surface area contributed by atoms with Crippen LogP contribution in [0, 0.1) is 0 Å². The van der Waals surface area contributed by atoms with E-state index in [9.17, 15) is 0 Å². The summed E-state index contributed by atoms with van der Waals surface area (Å²) in [6, 6.07) is 4.03. The van der Waals surface area contributed by atoms with Crippen LogP contribution < -0.4 is 4.90 Å². The molecular formula is C10H11BrN4S. The van der Waals surface area contributed by atoms with Gasteiger partial charge in [-0.2, -0.15) is 0 Å². The molecule has 2 aromatic heterocycles. The number of rotatable bonds is 4. The van der Waals surface area contributed by atoms with Crippen LogP contribution in [0.1, 0.15) is 12.5 Å². The minimum Gasteiger partial charge on any atom is -0.343 e. The van der Waals surface area contributed by atoms with Gasteiger partial charge in [-0.3, -0.25) is 4.98 Å². The second-order valence-corrected chi connectivity index (χ2v) is 5.44. The van der Waals surface area contributed by atoms with Gasteiger partial charge in [0, 0.05) is 25.5 Å². The van der Waals surface area contributed by atoms with Crippen molar-refractivity contribution in [1.29, 1.82) is 0 Å². The predicted octanol–water partition coefficient (Wildman–Crippen LogP) is 2.72. The van der Waals surface area contributed by atoms with E-state index in [-0.39, 0.29) is 0 Å². The number of pyridine rings is 1. The van der Waals surface area contributed by atoms with Crippen molar-refractivity contribution in [2.75, 3.05) is 11.4 Å². The quantitative estimate of drug-likeness (QED) is 0.870. The molecule has 0 radical (unpaired) electrons. The fourth-order valence-electron chi connectivity index (χ4n) is 1.35. The molecule has 0 aliphatic heterocycles. The molecular weight excluding hydrogens is 288 g/mol. The van der Waals surface area contributed by atoms with Crippen molar-refractivity contribution in [2.24, 2.45) is 0 Å². The van der Waals surface area contributed by atoms with Crippen LogP contribution in [0.3, 0.4) is 0 Å². The maximum atomic E-state index is 4.12. The summed E-state index contributed by atoms with van der Waals surface area (Å²) in [7, 11) is 0. The molecule has 0 atom stereocenters. The lowest BCUT2D eigenvalue weighted by atomic mass is 10.2. The Morgan fingerprint density at radius 2 is 2.06 bits per heavy atom. The van der Waals surface area contributed by atoms with Crippen LogP contribution >= 0.6 is 27.3 Å². The number of nitrogens with zero attached hydrogens (tertiary/aromatic N) is 4. The number of halogens is 1. The van der Waals surface area contributed by atoms with Gasteiger partial charge in [-0.05, 0) is 40.5 Å². The topological polar surface area (TPSA) is 41.9 Å². The molecule has 6 heteroatoms. The molecule has 0 fully saturated rings. The summed E-state index contributed by atoms with van der Waals surface area (Å²) in [6.45, 7) is 3.85. The maximum absolute atomic E-state index is 4.12. The largest absolute Gasteiger partial charge is 0.343 e. The van der Waals surface area contributed by atoms with Crippen molar-refractivity contribution in [2.45, 2.75) is 13.5 Å². The molecule has 0 spiro atoms. The first-order valence-corrected chi connectivity index (χ1v) is 6.53. The molecule has 84 valence electrons. The lowest BCUT2D eigenvalue weighted by Crippen LogP contribution is -2.21. The van der Waals surface area contributed by atoms with Crippen molar-refractivity contribution >= 4 is 32.4 Å². The van der Waals surface area contributed by atoms with Crippen LogP contribution in [0.4, 0.5) is 5.13 Å². The molecule has 0 amide bonds. The summed E-state index contributed by atoms with van der Waals surface area (Å²) >= 11 is 4.87. The summed E-state index contributed by atoms with van der Waals surface area (Å²) in [6.07, 6.45) is 3.61. The summed E-state index contributed by atoms with van der Waals surface area (Å²) in [5, 5.41) is 9.01. The van der Waals surface area contributed by atoms with E-state index in [4.69, 9.17) is 0 Å². The highest BCUT2D eigenvalue weighted by Gasteiger charge is 2.10. The predicted molar refractivity (Wildman–Crippen MR) is 68.6 cm³/mol. The number of hydrogen-bond donors (Lipinski definition) is 0. The van der Waals surface area contributed by atoms with Crippen molar-refractivity contribution in [3.05, 3.63) is 34.0 Å². The lowest BCUT2D eigenvalue weighted by Gasteiger charge is -2.18. The van der Waals surface area contributed by atoms with E-state index in [1.165, 1.54) is 5.56 Å². The third-order valence-corrected chi connectivity index (χ3v) is 3.58. The van der Waals surface area contributed by atoms with Gasteiger partial charge >= 0.3 is 0 Å². The second-order valence-electron chi connectivity index (χ2n) is 3.21. The second kappa shape index (κ2) is 5.36. The van der Waals surface area contributed by atoms with Gasteiger partial charge in [0.25, 0.3) is 0 Å². The SMILES string of the molecule is CCN(Cc1ccncc1)c1nnc(Br)s1. The van der Waals surface area contributed by atoms with Crippen LogP contribution in [0.15, 0.2) is 28.4 Å². The molecule has 0 aliphatic carbocycles. The summed E-state index contributed by atoms with van der Waals surface area (Å²) in [5.41, 5.74) is 1.23. The number of aromatic nitrogens is 3. The molecule has 0 N–H and O–H groups in total. The van der Waals surface area contributed by atoms with Gasteiger partial charge < -0.3 is 4.90 Å². The maximum Gasteiger partial charge on any atom is 0.209 e. The number of anilines is 1. The van der Waals surface area contributed by atoms with Crippen LogP contribution in [0.5, 0.6) is 0 Å². The smallest absolute Gasteiger partial charge is 0.209 e. The molecule has 2 heterocycles. The lowest BCUT2D eigenvalue weighted by molar-refractivity contribution is 0.813. The van der Waals surface area contributed by atoms with Crippen LogP contribution in [-0.2, 0) is 6.54 Å². The van der Waals surface area contributed by atoms with Crippen molar-refractivity contribution < 1.29 is 0 Å². The number of hydrogen-bond acceptors (Lipinski definition) is 5. The van der Waals surface area contributed by atoms with Crippen molar-refractivity contribution in [1.82, 2.24) is 15.2 Å². The fraction of sp³-hybridized carbons (Fsp3) is 0.300. The van der Waals surface area contributed by atoms with Crippen molar-refractivity contribution in [3.63, 3.8) is 0 Å². The molecule has 0 aliphatic rings. The van der Waals surface area contributed by atoms with Crippen molar-refractivity contribution in [3.8, 4) is 0 Å². The van der Waals surface area contributed by atoms with E-state index in [0.29, 0.717) is 0 Å². The zero-order valence-electron chi connectivity index (χ0n) is 8.80. The first-order valence-electron chi connectivity index (χ1n) is 4.92. The molecule has 0 unspecified atom stereocenters. The zero-order valence-corrected chi connectivity index (χ0v) is 11.2. The van der Waals surface area contributed by atoms with E-state index in [2.05, 4.69) is 42.9 Å². The third kappa shape index (κ3) is 2.76. The average molecular weight is 299 g/mol. The summed E-state index contributed by atoms with van der Waals surface area (Å²) in [4.78, 5) is 6.18. The Kier molecular flexibility index (Phi) is 3.84. The van der Waals surface area contributed by atoms with E-state index >= 15 is 0 Å². The Bertz CT molecular complexity index is 445. The first-order chi connectivity index (χ1) is 7.79. The van der Waals surface area contributed by atoms with E-state index in [1.54, 1.807) is 23.7 Å². The summed E-state index contributed by atoms with van der Waals surface area (Å²) in [5.74, 6) is 0. The van der Waals surface area contributed by atoms with Crippen LogP contribution in [0.25, 0.3) is 0 Å². The van der Waals surface area contributed by atoms with Gasteiger partial charge in [0.15, 0.2) is 3.92 Å². The minimum absolute atomic E-state index is 0.815. The molecule has 0 bridgehead atoms. The minimum atomic E-state index is 0.815. The zero-order chi connectivity index (χ0) is 11.4. The Morgan fingerprint density at radius 3 is 2.62 bits per heavy atom. The van der Waals surface area contributed by atoms with Crippen LogP contribution in [0.2, 0.25) is 0 Å². The van der Waals surface area contributed by atoms with Gasteiger partial charge in [-0.1, -0.05) is 11.3 Å². The van der Waals surface area contributed by atoms with E-state index in [0.717, 1.165) is 22.1 Å². The molecule has 0 saturated carbocycles. The highest BCUT2D eigenvalue weighted by atomic mass is 79.9. The molecule has 0 saturated heterocycles. The monoisotopic (exact) mass is 298 g/mol. The Balaban J connectivity index is 2.12. The highest BCUT2D eigenvalue weighted by molar-refractivity contribution is 9.11. The Labute approximate surface area is 106 Å². The first kappa shape index (κ1) is 11.5. The Morgan fingerprint density at radius 1 is 1.31 bits per heavy atom. The Hall–Kier alpha value is -1.01. The fourth-order valence-corrected chi connectivity index (χ4v) is 2.50. The molecule has 2 rings (SSSR count). The normalized spacial score (nSPS) is 10.4.